The monoisotopic (exact) mass is 793 g/mol. The molecule has 6 rings (SSSR count). The van der Waals surface area contributed by atoms with Crippen molar-refractivity contribution in [1.29, 1.82) is 0 Å². The van der Waals surface area contributed by atoms with Crippen LogP contribution in [0.1, 0.15) is 86.6 Å². The number of fused-ring (bicyclic) bond motifs is 2. The van der Waals surface area contributed by atoms with E-state index >= 15 is 0 Å². The smallest absolute Gasteiger partial charge is 0.431 e. The van der Waals surface area contributed by atoms with Crippen LogP contribution in [0.15, 0.2) is 41.6 Å². The molecule has 57 heavy (non-hydrogen) atoms. The van der Waals surface area contributed by atoms with Crippen molar-refractivity contribution in [2.24, 2.45) is 28.8 Å². The lowest BCUT2D eigenvalue weighted by Crippen LogP contribution is -2.63. The molecular formula is C43H63N5O9. The Balaban J connectivity index is 1.40. The summed E-state index contributed by atoms with van der Waals surface area (Å²) < 4.78 is 31.8. The number of ether oxygens (including phenoxy) is 5. The Kier molecular flexibility index (Phi) is 12.7. The van der Waals surface area contributed by atoms with Gasteiger partial charge in [0.1, 0.15) is 24.2 Å². The minimum absolute atomic E-state index is 0.225. The number of amides is 1. The van der Waals surface area contributed by atoms with Crippen LogP contribution in [0.3, 0.4) is 0 Å². The molecule has 4 aliphatic heterocycles. The number of cyclic esters (lactones) is 1. The average molecular weight is 794 g/mol. The van der Waals surface area contributed by atoms with Gasteiger partial charge in [0.15, 0.2) is 17.7 Å². The minimum Gasteiger partial charge on any atom is -0.457 e. The number of carbonyl (C=O) groups excluding carboxylic acids is 3. The van der Waals surface area contributed by atoms with Crippen molar-refractivity contribution in [2.75, 3.05) is 27.7 Å². The van der Waals surface area contributed by atoms with Crippen LogP contribution in [-0.2, 0) is 39.7 Å². The van der Waals surface area contributed by atoms with Gasteiger partial charge in [-0.25, -0.2) is 4.79 Å². The molecule has 2 aromatic rings. The van der Waals surface area contributed by atoms with E-state index in [1.54, 1.807) is 24.2 Å². The molecule has 1 aromatic heterocycles. The summed E-state index contributed by atoms with van der Waals surface area (Å²) in [7, 11) is 5.39. The number of benzene rings is 1. The number of carbonyl (C=O) groups is 3. The lowest BCUT2D eigenvalue weighted by Gasteiger charge is -2.49. The summed E-state index contributed by atoms with van der Waals surface area (Å²) in [5, 5.41) is 21.2. The fraction of sp³-hybridized carbons (Fsp3) is 0.698. The first-order valence-electron chi connectivity index (χ1n) is 20.6. The van der Waals surface area contributed by atoms with Crippen molar-refractivity contribution in [2.45, 2.75) is 141 Å². The molecule has 314 valence electrons. The second kappa shape index (κ2) is 16.9. The number of aryl methyl sites for hydroxylation is 1. The number of hydrazone groups is 1. The van der Waals surface area contributed by atoms with Crippen molar-refractivity contribution in [3.8, 4) is 0 Å². The first-order valence-corrected chi connectivity index (χ1v) is 20.6. The van der Waals surface area contributed by atoms with E-state index in [0.717, 1.165) is 28.6 Å². The number of aromatic nitrogens is 1. The summed E-state index contributed by atoms with van der Waals surface area (Å²) in [6.07, 6.45) is -0.155. The number of para-hydroxylation sites is 1. The van der Waals surface area contributed by atoms with Crippen molar-refractivity contribution in [1.82, 2.24) is 20.0 Å². The molecule has 1 unspecified atom stereocenters. The van der Waals surface area contributed by atoms with Crippen molar-refractivity contribution in [3.05, 3.63) is 42.1 Å². The maximum atomic E-state index is 14.4. The summed E-state index contributed by atoms with van der Waals surface area (Å²) in [5.41, 5.74) is 0.499. The van der Waals surface area contributed by atoms with E-state index in [-0.39, 0.29) is 24.0 Å². The number of methoxy groups -OCH3 is 1. The third-order valence-corrected chi connectivity index (χ3v) is 13.1. The Morgan fingerprint density at radius 3 is 2.44 bits per heavy atom. The second-order valence-corrected chi connectivity index (χ2v) is 17.3. The van der Waals surface area contributed by atoms with Gasteiger partial charge in [0.2, 0.25) is 0 Å². The molecule has 13 atom stereocenters. The average Bonchev–Trinajstić information content (AvgIpc) is 3.47. The number of rotatable bonds is 9. The lowest BCUT2D eigenvalue weighted by atomic mass is 9.73. The second-order valence-electron chi connectivity index (χ2n) is 17.3. The van der Waals surface area contributed by atoms with Gasteiger partial charge in [-0.3, -0.25) is 14.6 Å². The maximum Gasteiger partial charge on any atom is 0.431 e. The van der Waals surface area contributed by atoms with Crippen LogP contribution >= 0.6 is 0 Å². The number of hydrogen-bond donors (Lipinski definition) is 1. The predicted octanol–water partition coefficient (Wildman–Crippen LogP) is 5.39. The number of hydrazine groups is 1. The van der Waals surface area contributed by atoms with Crippen LogP contribution < -0.4 is 0 Å². The number of likely N-dealkylation sites (N-methyl/N-ethyl adjacent to an activating group) is 1. The molecule has 5 heterocycles. The Labute approximate surface area is 337 Å². The van der Waals surface area contributed by atoms with E-state index in [1.165, 1.54) is 6.92 Å². The number of pyridine rings is 1. The SMILES string of the molecule is CC[C@H]1OC(=O)[C@@H](C)C(=O)[C@@H](C)[C@H](O[C@H]2O[C@@H](C)C[C@@H](N(C)C)[C@@H]2O)C(C)(OC)C[C@@H](C)C2=NN(CCCc3ccnc4ccccc34)N3C(=O)O[C@@]1(C)[C@H]3[C@@H]2C. The number of hydrogen-bond acceptors (Lipinski definition) is 13. The summed E-state index contributed by atoms with van der Waals surface area (Å²) >= 11 is 0. The number of Topliss-reactive ketones (excluding diaryl/α,β-unsaturated/α-hetero) is 1. The van der Waals surface area contributed by atoms with Gasteiger partial charge in [0, 0.05) is 42.3 Å². The molecule has 0 aliphatic carbocycles. The van der Waals surface area contributed by atoms with Crippen LogP contribution in [-0.4, -0.2) is 130 Å². The Morgan fingerprint density at radius 2 is 1.75 bits per heavy atom. The lowest BCUT2D eigenvalue weighted by molar-refractivity contribution is -0.295. The molecule has 1 amide bonds. The fourth-order valence-corrected chi connectivity index (χ4v) is 9.90. The standard InChI is InChI=1S/C43H63N5O9/c1-12-33-43(8)37-26(4)34(45-47(48(37)41(52)57-43)21-15-16-29-19-20-44-31-18-14-13-17-30(29)31)24(2)23-42(7,53-11)38(27(5)35(49)28(6)39(51)55-33)56-40-36(50)32(46(9)10)22-25(3)54-40/h13-14,17-20,24-28,32-33,36-38,40,50H,12,15-16,21-23H2,1-11H3/t24-,25+,26-,27-,28+,32-,33-,36+,37-,38+,40-,42?,43-/m1/s1. The molecule has 2 bridgehead atoms. The Hall–Kier alpha value is -3.69. The van der Waals surface area contributed by atoms with Gasteiger partial charge in [-0.2, -0.15) is 15.2 Å². The first kappa shape index (κ1) is 42.9. The highest BCUT2D eigenvalue weighted by molar-refractivity contribution is 6.00. The third-order valence-electron chi connectivity index (χ3n) is 13.1. The van der Waals surface area contributed by atoms with Gasteiger partial charge in [0.05, 0.1) is 29.9 Å². The Morgan fingerprint density at radius 1 is 1.04 bits per heavy atom. The number of aliphatic hydroxyl groups is 1. The summed E-state index contributed by atoms with van der Waals surface area (Å²) in [5.74, 6) is -3.74. The normalized spacial score (nSPS) is 37.9. The molecule has 0 radical (unpaired) electrons. The summed E-state index contributed by atoms with van der Waals surface area (Å²) in [6.45, 7) is 15.3. The first-order chi connectivity index (χ1) is 26.9. The van der Waals surface area contributed by atoms with Crippen LogP contribution in [0.25, 0.3) is 10.9 Å². The van der Waals surface area contributed by atoms with Gasteiger partial charge < -0.3 is 33.7 Å². The summed E-state index contributed by atoms with van der Waals surface area (Å²) in [4.78, 5) is 48.8. The number of ketones is 1. The number of nitrogens with zero attached hydrogens (tertiary/aromatic N) is 5. The van der Waals surface area contributed by atoms with E-state index in [9.17, 15) is 19.5 Å². The van der Waals surface area contributed by atoms with Gasteiger partial charge in [-0.15, -0.1) is 0 Å². The highest BCUT2D eigenvalue weighted by Crippen LogP contribution is 2.46. The van der Waals surface area contributed by atoms with E-state index in [0.29, 0.717) is 32.2 Å². The topological polar surface area (TPSA) is 153 Å². The third kappa shape index (κ3) is 8.04. The Bertz CT molecular complexity index is 1820. The molecule has 14 heteroatoms. The largest absolute Gasteiger partial charge is 0.457 e. The molecule has 14 nitrogen and oxygen atoms in total. The molecule has 0 spiro atoms. The van der Waals surface area contributed by atoms with E-state index < -0.39 is 71.5 Å². The number of aliphatic hydroxyl groups excluding tert-OH is 1. The summed E-state index contributed by atoms with van der Waals surface area (Å²) in [6, 6.07) is 9.25. The molecule has 1 N–H and O–H groups in total. The predicted molar refractivity (Wildman–Crippen MR) is 214 cm³/mol. The molecule has 0 saturated carbocycles. The van der Waals surface area contributed by atoms with Crippen LogP contribution in [0, 0.1) is 23.7 Å². The van der Waals surface area contributed by atoms with Gasteiger partial charge in [0.25, 0.3) is 0 Å². The zero-order chi connectivity index (χ0) is 41.6. The van der Waals surface area contributed by atoms with E-state index in [2.05, 4.69) is 18.0 Å². The van der Waals surface area contributed by atoms with Crippen LogP contribution in [0.5, 0.6) is 0 Å². The van der Waals surface area contributed by atoms with Gasteiger partial charge in [-0.05, 0) is 97.5 Å². The molecule has 4 aliphatic rings. The highest BCUT2D eigenvalue weighted by atomic mass is 16.7. The fourth-order valence-electron chi connectivity index (χ4n) is 9.90. The minimum atomic E-state index is -1.26. The van der Waals surface area contributed by atoms with Crippen molar-refractivity contribution < 1.29 is 43.2 Å². The van der Waals surface area contributed by atoms with E-state index in [1.807, 2.05) is 84.1 Å². The van der Waals surface area contributed by atoms with Crippen LogP contribution in [0.2, 0.25) is 0 Å². The molecule has 3 saturated heterocycles. The van der Waals surface area contributed by atoms with Crippen molar-refractivity contribution >= 4 is 34.5 Å². The number of esters is 1. The quantitative estimate of drug-likeness (QED) is 0.256. The maximum absolute atomic E-state index is 14.4. The van der Waals surface area contributed by atoms with E-state index in [4.69, 9.17) is 28.8 Å². The van der Waals surface area contributed by atoms with Crippen LogP contribution in [0.4, 0.5) is 4.79 Å². The van der Waals surface area contributed by atoms with Gasteiger partial charge >= 0.3 is 12.1 Å². The molecule has 3 fully saturated rings. The zero-order valence-corrected chi connectivity index (χ0v) is 35.5. The molecular weight excluding hydrogens is 730 g/mol. The van der Waals surface area contributed by atoms with Crippen molar-refractivity contribution in [3.63, 3.8) is 0 Å². The molecule has 1 aromatic carbocycles. The highest BCUT2D eigenvalue weighted by Gasteiger charge is 2.63. The zero-order valence-electron chi connectivity index (χ0n) is 35.5. The van der Waals surface area contributed by atoms with Gasteiger partial charge in [-0.1, -0.05) is 45.9 Å².